The molecule has 1 N–H and O–H groups in total. The predicted molar refractivity (Wildman–Crippen MR) is 62.6 cm³/mol. The lowest BCUT2D eigenvalue weighted by Crippen LogP contribution is -2.13. The van der Waals surface area contributed by atoms with Crippen LogP contribution in [-0.4, -0.2) is 22.7 Å². The number of anilines is 1. The first-order valence-electron chi connectivity index (χ1n) is 5.31. The number of nitrogens with one attached hydrogen (secondary N) is 1. The van der Waals surface area contributed by atoms with E-state index in [0.29, 0.717) is 17.1 Å². The van der Waals surface area contributed by atoms with E-state index in [2.05, 4.69) is 15.3 Å². The van der Waals surface area contributed by atoms with Gasteiger partial charge in [-0.25, -0.2) is 9.97 Å². The maximum atomic E-state index is 11.9. The molecule has 18 heavy (non-hydrogen) atoms. The van der Waals surface area contributed by atoms with Crippen molar-refractivity contribution in [3.8, 4) is 11.5 Å². The van der Waals surface area contributed by atoms with Crippen LogP contribution in [0.2, 0.25) is 0 Å². The largest absolute Gasteiger partial charge is 0.454 e. The molecule has 1 aromatic heterocycles. The summed E-state index contributed by atoms with van der Waals surface area (Å²) in [5, 5.41) is 2.59. The van der Waals surface area contributed by atoms with Crippen LogP contribution in [0.5, 0.6) is 11.5 Å². The highest BCUT2D eigenvalue weighted by Gasteiger charge is 2.16. The number of carbonyl (C=O) groups excluding carboxylic acids is 1. The van der Waals surface area contributed by atoms with E-state index < -0.39 is 0 Å². The van der Waals surface area contributed by atoms with Crippen molar-refractivity contribution < 1.29 is 14.3 Å². The summed E-state index contributed by atoms with van der Waals surface area (Å²) in [5.41, 5.74) is 0.465. The molecule has 0 spiro atoms. The van der Waals surface area contributed by atoms with Crippen LogP contribution in [0.4, 0.5) is 5.95 Å². The number of hydrogen-bond donors (Lipinski definition) is 1. The van der Waals surface area contributed by atoms with Crippen LogP contribution < -0.4 is 14.8 Å². The van der Waals surface area contributed by atoms with Gasteiger partial charge in [-0.1, -0.05) is 0 Å². The lowest BCUT2D eigenvalue weighted by Gasteiger charge is -2.03. The molecule has 0 radical (unpaired) electrons. The number of rotatable bonds is 2. The Labute approximate surface area is 103 Å². The summed E-state index contributed by atoms with van der Waals surface area (Å²) < 4.78 is 10.4. The number of ether oxygens (including phenoxy) is 2. The van der Waals surface area contributed by atoms with Crippen molar-refractivity contribution in [1.29, 1.82) is 0 Å². The highest BCUT2D eigenvalue weighted by atomic mass is 16.7. The van der Waals surface area contributed by atoms with Gasteiger partial charge < -0.3 is 9.47 Å². The van der Waals surface area contributed by atoms with Crippen molar-refractivity contribution >= 4 is 11.9 Å². The summed E-state index contributed by atoms with van der Waals surface area (Å²) in [6.07, 6.45) is 3.12. The van der Waals surface area contributed by atoms with Crippen LogP contribution >= 0.6 is 0 Å². The zero-order valence-corrected chi connectivity index (χ0v) is 9.29. The summed E-state index contributed by atoms with van der Waals surface area (Å²) >= 11 is 0. The fraction of sp³-hybridized carbons (Fsp3) is 0.0833. The maximum Gasteiger partial charge on any atom is 0.258 e. The molecular weight excluding hydrogens is 234 g/mol. The maximum absolute atomic E-state index is 11.9. The fourth-order valence-electron chi connectivity index (χ4n) is 1.58. The van der Waals surface area contributed by atoms with Crippen LogP contribution in [-0.2, 0) is 0 Å². The second kappa shape index (κ2) is 4.33. The molecule has 0 fully saturated rings. The Hall–Kier alpha value is -2.63. The smallest absolute Gasteiger partial charge is 0.258 e. The molecule has 0 saturated heterocycles. The lowest BCUT2D eigenvalue weighted by atomic mass is 10.2. The second-order valence-corrected chi connectivity index (χ2v) is 3.59. The van der Waals surface area contributed by atoms with Gasteiger partial charge >= 0.3 is 0 Å². The monoisotopic (exact) mass is 243 g/mol. The van der Waals surface area contributed by atoms with Gasteiger partial charge in [0.1, 0.15) is 0 Å². The normalized spacial score (nSPS) is 12.2. The van der Waals surface area contributed by atoms with E-state index >= 15 is 0 Å². The van der Waals surface area contributed by atoms with Crippen LogP contribution in [0.3, 0.4) is 0 Å². The number of amides is 1. The Balaban J connectivity index is 1.81. The van der Waals surface area contributed by atoms with Gasteiger partial charge in [-0.05, 0) is 24.3 Å². The topological polar surface area (TPSA) is 73.3 Å². The van der Waals surface area contributed by atoms with Crippen LogP contribution in [0.1, 0.15) is 10.4 Å². The first-order chi connectivity index (χ1) is 8.83. The number of aromatic nitrogens is 2. The van der Waals surface area contributed by atoms with Crippen LogP contribution in [0.15, 0.2) is 36.7 Å². The predicted octanol–water partition coefficient (Wildman–Crippen LogP) is 1.46. The van der Waals surface area contributed by atoms with Crippen molar-refractivity contribution in [2.45, 2.75) is 0 Å². The highest BCUT2D eigenvalue weighted by Crippen LogP contribution is 2.32. The zero-order valence-electron chi connectivity index (χ0n) is 9.29. The van der Waals surface area contributed by atoms with Crippen molar-refractivity contribution in [2.24, 2.45) is 0 Å². The molecule has 0 bridgehead atoms. The van der Waals surface area contributed by atoms with Gasteiger partial charge in [-0.15, -0.1) is 0 Å². The Morgan fingerprint density at radius 2 is 1.94 bits per heavy atom. The third-order valence-corrected chi connectivity index (χ3v) is 2.43. The van der Waals surface area contributed by atoms with E-state index in [1.165, 1.54) is 0 Å². The average Bonchev–Trinajstić information content (AvgIpc) is 2.87. The minimum atomic E-state index is -0.292. The Kier molecular flexibility index (Phi) is 2.53. The van der Waals surface area contributed by atoms with E-state index in [9.17, 15) is 4.79 Å². The Morgan fingerprint density at radius 1 is 1.17 bits per heavy atom. The average molecular weight is 243 g/mol. The van der Waals surface area contributed by atoms with Crippen molar-refractivity contribution in [3.05, 3.63) is 42.2 Å². The highest BCUT2D eigenvalue weighted by molar-refractivity contribution is 6.03. The quantitative estimate of drug-likeness (QED) is 0.864. The summed E-state index contributed by atoms with van der Waals surface area (Å²) in [6.45, 7) is 0.183. The molecule has 0 saturated carbocycles. The Morgan fingerprint density at radius 3 is 2.78 bits per heavy atom. The fourth-order valence-corrected chi connectivity index (χ4v) is 1.58. The number of benzene rings is 1. The molecule has 2 heterocycles. The van der Waals surface area contributed by atoms with Crippen molar-refractivity contribution in [1.82, 2.24) is 9.97 Å². The third-order valence-electron chi connectivity index (χ3n) is 2.43. The molecule has 6 heteroatoms. The molecule has 0 aliphatic carbocycles. The van der Waals surface area contributed by atoms with Gasteiger partial charge in [0, 0.05) is 18.0 Å². The molecule has 1 amide bonds. The molecule has 3 rings (SSSR count). The number of fused-ring (bicyclic) bond motifs is 1. The van der Waals surface area contributed by atoms with E-state index in [1.807, 2.05) is 0 Å². The lowest BCUT2D eigenvalue weighted by molar-refractivity contribution is 0.102. The summed E-state index contributed by atoms with van der Waals surface area (Å²) in [6, 6.07) is 6.66. The van der Waals surface area contributed by atoms with E-state index in [0.717, 1.165) is 0 Å². The molecule has 90 valence electrons. The molecule has 6 nitrogen and oxygen atoms in total. The third kappa shape index (κ3) is 1.95. The molecular formula is C12H9N3O3. The summed E-state index contributed by atoms with van der Waals surface area (Å²) in [7, 11) is 0. The van der Waals surface area contributed by atoms with Gasteiger partial charge in [-0.3, -0.25) is 10.1 Å². The number of nitrogens with zero attached hydrogens (tertiary/aromatic N) is 2. The van der Waals surface area contributed by atoms with Crippen molar-refractivity contribution in [2.75, 3.05) is 12.1 Å². The standard InChI is InChI=1S/C12H9N3O3/c16-11(15-12-13-4-1-5-14-12)8-2-3-9-10(6-8)18-7-17-9/h1-6H,7H2,(H,13,14,15,16). The Bertz CT molecular complexity index is 586. The van der Waals surface area contributed by atoms with Gasteiger partial charge in [0.05, 0.1) is 0 Å². The number of carbonyl (C=O) groups is 1. The van der Waals surface area contributed by atoms with Gasteiger partial charge in [0.15, 0.2) is 11.5 Å². The molecule has 2 aromatic rings. The van der Waals surface area contributed by atoms with E-state index in [-0.39, 0.29) is 18.6 Å². The molecule has 0 atom stereocenters. The SMILES string of the molecule is O=C(Nc1ncccn1)c1ccc2c(c1)OCO2. The first kappa shape index (κ1) is 10.5. The van der Waals surface area contributed by atoms with E-state index in [1.54, 1.807) is 36.7 Å². The van der Waals surface area contributed by atoms with Gasteiger partial charge in [-0.2, -0.15) is 0 Å². The molecule has 1 aromatic carbocycles. The van der Waals surface area contributed by atoms with Crippen LogP contribution in [0, 0.1) is 0 Å². The molecule has 1 aliphatic rings. The zero-order chi connectivity index (χ0) is 12.4. The first-order valence-corrected chi connectivity index (χ1v) is 5.31. The minimum Gasteiger partial charge on any atom is -0.454 e. The number of hydrogen-bond acceptors (Lipinski definition) is 5. The summed E-state index contributed by atoms with van der Waals surface area (Å²) in [4.78, 5) is 19.8. The minimum absolute atomic E-state index is 0.183. The van der Waals surface area contributed by atoms with Crippen molar-refractivity contribution in [3.63, 3.8) is 0 Å². The second-order valence-electron chi connectivity index (χ2n) is 3.59. The summed E-state index contributed by atoms with van der Waals surface area (Å²) in [5.74, 6) is 1.18. The van der Waals surface area contributed by atoms with E-state index in [4.69, 9.17) is 9.47 Å². The molecule has 1 aliphatic heterocycles. The molecule has 0 unspecified atom stereocenters. The van der Waals surface area contributed by atoms with Gasteiger partial charge in [0.2, 0.25) is 12.7 Å². The van der Waals surface area contributed by atoms with Crippen LogP contribution in [0.25, 0.3) is 0 Å². The van der Waals surface area contributed by atoms with Gasteiger partial charge in [0.25, 0.3) is 5.91 Å².